The Kier molecular flexibility index (Phi) is 4.56. The minimum absolute atomic E-state index is 0.147. The van der Waals surface area contributed by atoms with E-state index in [4.69, 9.17) is 4.74 Å². The van der Waals surface area contributed by atoms with E-state index in [1.54, 1.807) is 0 Å². The zero-order chi connectivity index (χ0) is 14.8. The molecular weight excluding hydrogens is 250 g/mol. The maximum Gasteiger partial charge on any atom is 0.411 e. The summed E-state index contributed by atoms with van der Waals surface area (Å²) >= 11 is 0. The standard InChI is InChI=1S/C17H27NO2/c1-5-6-8-13-11-14-9-7-10-15(12-13)18(14)16(19)20-17(2,3)4/h5,11,14-15H,1,6-10,12H2,2-4H3. The van der Waals surface area contributed by atoms with E-state index in [2.05, 4.69) is 12.7 Å². The second-order valence-electron chi connectivity index (χ2n) is 6.90. The van der Waals surface area contributed by atoms with Crippen LogP contribution in [0, 0.1) is 0 Å². The van der Waals surface area contributed by atoms with Gasteiger partial charge in [0.05, 0.1) is 6.04 Å². The van der Waals surface area contributed by atoms with Crippen LogP contribution in [0.5, 0.6) is 0 Å². The largest absolute Gasteiger partial charge is 0.444 e. The van der Waals surface area contributed by atoms with Crippen LogP contribution >= 0.6 is 0 Å². The molecule has 0 saturated carbocycles. The molecule has 0 aliphatic carbocycles. The summed E-state index contributed by atoms with van der Waals surface area (Å²) < 4.78 is 5.57. The second-order valence-corrected chi connectivity index (χ2v) is 6.90. The number of ether oxygens (including phenoxy) is 1. The van der Waals surface area contributed by atoms with Crippen molar-refractivity contribution in [3.8, 4) is 0 Å². The molecule has 0 aromatic rings. The second kappa shape index (κ2) is 6.02. The Morgan fingerprint density at radius 3 is 2.85 bits per heavy atom. The zero-order valence-electron chi connectivity index (χ0n) is 13.0. The number of hydrogen-bond donors (Lipinski definition) is 0. The SMILES string of the molecule is C=CCCC1=CC2CCCC(C1)N2C(=O)OC(C)(C)C. The number of carbonyl (C=O) groups is 1. The van der Waals surface area contributed by atoms with Crippen LogP contribution in [0.2, 0.25) is 0 Å². The van der Waals surface area contributed by atoms with Crippen LogP contribution in [0.4, 0.5) is 4.79 Å². The third-order valence-electron chi connectivity index (χ3n) is 3.99. The molecule has 0 aromatic carbocycles. The molecule has 2 unspecified atom stereocenters. The fourth-order valence-electron chi connectivity index (χ4n) is 3.19. The van der Waals surface area contributed by atoms with E-state index in [9.17, 15) is 4.79 Å². The maximum atomic E-state index is 12.4. The third-order valence-corrected chi connectivity index (χ3v) is 3.99. The molecule has 3 nitrogen and oxygen atoms in total. The molecule has 20 heavy (non-hydrogen) atoms. The number of piperidine rings is 1. The van der Waals surface area contributed by atoms with E-state index >= 15 is 0 Å². The molecule has 2 heterocycles. The van der Waals surface area contributed by atoms with E-state index in [0.29, 0.717) is 6.04 Å². The van der Waals surface area contributed by atoms with Crippen molar-refractivity contribution in [2.24, 2.45) is 0 Å². The minimum atomic E-state index is -0.418. The molecule has 1 amide bonds. The first-order chi connectivity index (χ1) is 9.40. The average molecular weight is 277 g/mol. The van der Waals surface area contributed by atoms with Gasteiger partial charge in [0.15, 0.2) is 0 Å². The zero-order valence-corrected chi connectivity index (χ0v) is 13.0. The molecule has 2 aliphatic heterocycles. The molecule has 0 radical (unpaired) electrons. The molecule has 2 bridgehead atoms. The van der Waals surface area contributed by atoms with Crippen molar-refractivity contribution >= 4 is 6.09 Å². The lowest BCUT2D eigenvalue weighted by atomic mass is 9.84. The summed E-state index contributed by atoms with van der Waals surface area (Å²) in [4.78, 5) is 14.4. The summed E-state index contributed by atoms with van der Waals surface area (Å²) in [5.41, 5.74) is 1.07. The first-order valence-electron chi connectivity index (χ1n) is 7.72. The third kappa shape index (κ3) is 3.65. The summed E-state index contributed by atoms with van der Waals surface area (Å²) in [5.74, 6) is 0. The first-order valence-corrected chi connectivity index (χ1v) is 7.72. The van der Waals surface area contributed by atoms with Crippen LogP contribution < -0.4 is 0 Å². The number of nitrogens with zero attached hydrogens (tertiary/aromatic N) is 1. The van der Waals surface area contributed by atoms with Gasteiger partial charge >= 0.3 is 6.09 Å². The van der Waals surface area contributed by atoms with Gasteiger partial charge in [-0.2, -0.15) is 0 Å². The highest BCUT2D eigenvalue weighted by Crippen LogP contribution is 2.35. The Morgan fingerprint density at radius 2 is 2.25 bits per heavy atom. The van der Waals surface area contributed by atoms with Crippen molar-refractivity contribution in [2.75, 3.05) is 0 Å². The van der Waals surface area contributed by atoms with E-state index < -0.39 is 5.60 Å². The summed E-state index contributed by atoms with van der Waals surface area (Å²) in [5, 5.41) is 0. The lowest BCUT2D eigenvalue weighted by Gasteiger charge is -2.45. The molecular formula is C17H27NO2. The van der Waals surface area contributed by atoms with Crippen molar-refractivity contribution in [2.45, 2.75) is 77.0 Å². The minimum Gasteiger partial charge on any atom is -0.444 e. The smallest absolute Gasteiger partial charge is 0.411 e. The summed E-state index contributed by atoms with van der Waals surface area (Å²) in [7, 11) is 0. The number of carbonyl (C=O) groups excluding carboxylic acids is 1. The first kappa shape index (κ1) is 15.1. The fourth-order valence-corrected chi connectivity index (χ4v) is 3.19. The molecule has 1 saturated heterocycles. The molecule has 0 N–H and O–H groups in total. The lowest BCUT2D eigenvalue weighted by Crippen LogP contribution is -2.53. The Labute approximate surface area is 122 Å². The molecule has 0 aromatic heterocycles. The Bertz CT molecular complexity index is 406. The van der Waals surface area contributed by atoms with Crippen LogP contribution in [-0.4, -0.2) is 28.7 Å². The van der Waals surface area contributed by atoms with Crippen molar-refractivity contribution in [1.82, 2.24) is 4.90 Å². The van der Waals surface area contributed by atoms with Gasteiger partial charge in [0.25, 0.3) is 0 Å². The highest BCUT2D eigenvalue weighted by Gasteiger charge is 2.38. The summed E-state index contributed by atoms with van der Waals surface area (Å²) in [6.07, 6.45) is 10.6. The van der Waals surface area contributed by atoms with Crippen LogP contribution in [0.1, 0.15) is 59.3 Å². The average Bonchev–Trinajstić information content (AvgIpc) is 2.32. The van der Waals surface area contributed by atoms with Gasteiger partial charge in [-0.15, -0.1) is 6.58 Å². The summed E-state index contributed by atoms with van der Waals surface area (Å²) in [6, 6.07) is 0.561. The van der Waals surface area contributed by atoms with Gasteiger partial charge in [-0.3, -0.25) is 4.90 Å². The van der Waals surface area contributed by atoms with Crippen molar-refractivity contribution in [3.05, 3.63) is 24.3 Å². The molecule has 2 atom stereocenters. The highest BCUT2D eigenvalue weighted by molar-refractivity contribution is 5.70. The predicted molar refractivity (Wildman–Crippen MR) is 81.6 cm³/mol. The number of allylic oxidation sites excluding steroid dienone is 1. The Morgan fingerprint density at radius 1 is 1.50 bits per heavy atom. The van der Waals surface area contributed by atoms with Gasteiger partial charge in [-0.25, -0.2) is 4.79 Å². The van der Waals surface area contributed by atoms with Gasteiger partial charge < -0.3 is 4.74 Å². The quantitative estimate of drug-likeness (QED) is 0.714. The molecule has 0 spiro atoms. The highest BCUT2D eigenvalue weighted by atomic mass is 16.6. The van der Waals surface area contributed by atoms with Gasteiger partial charge in [-0.1, -0.05) is 17.7 Å². The van der Waals surface area contributed by atoms with E-state index in [0.717, 1.165) is 32.1 Å². The van der Waals surface area contributed by atoms with Crippen molar-refractivity contribution in [3.63, 3.8) is 0 Å². The van der Waals surface area contributed by atoms with E-state index in [-0.39, 0.29) is 12.1 Å². The lowest BCUT2D eigenvalue weighted by molar-refractivity contribution is -0.00156. The molecule has 112 valence electrons. The van der Waals surface area contributed by atoms with Gasteiger partial charge in [0, 0.05) is 6.04 Å². The van der Waals surface area contributed by atoms with E-state index in [1.807, 2.05) is 31.7 Å². The maximum absolute atomic E-state index is 12.4. The van der Waals surface area contributed by atoms with Crippen molar-refractivity contribution < 1.29 is 9.53 Å². The fraction of sp³-hybridized carbons (Fsp3) is 0.706. The number of rotatable bonds is 3. The van der Waals surface area contributed by atoms with Crippen LogP contribution in [0.25, 0.3) is 0 Å². The van der Waals surface area contributed by atoms with Gasteiger partial charge in [0.1, 0.15) is 5.60 Å². The number of hydrogen-bond acceptors (Lipinski definition) is 2. The number of amides is 1. The van der Waals surface area contributed by atoms with Gasteiger partial charge in [0.2, 0.25) is 0 Å². The molecule has 3 heteroatoms. The van der Waals surface area contributed by atoms with Crippen LogP contribution in [-0.2, 0) is 4.74 Å². The van der Waals surface area contributed by atoms with Crippen LogP contribution in [0.3, 0.4) is 0 Å². The molecule has 2 aliphatic rings. The van der Waals surface area contributed by atoms with Crippen molar-refractivity contribution in [1.29, 1.82) is 0 Å². The number of fused-ring (bicyclic) bond motifs is 2. The van der Waals surface area contributed by atoms with Crippen LogP contribution in [0.15, 0.2) is 24.3 Å². The molecule has 2 rings (SSSR count). The van der Waals surface area contributed by atoms with E-state index in [1.165, 1.54) is 12.0 Å². The Balaban J connectivity index is 2.09. The monoisotopic (exact) mass is 277 g/mol. The van der Waals surface area contributed by atoms with Gasteiger partial charge in [-0.05, 0) is 59.3 Å². The summed E-state index contributed by atoms with van der Waals surface area (Å²) in [6.45, 7) is 9.57. The topological polar surface area (TPSA) is 29.5 Å². The Hall–Kier alpha value is -1.25. The molecule has 1 fully saturated rings. The normalized spacial score (nSPS) is 25.9. The predicted octanol–water partition coefficient (Wildman–Crippen LogP) is 4.44.